The Morgan fingerprint density at radius 1 is 0.846 bits per heavy atom. The maximum atomic E-state index is 15.2. The van der Waals surface area contributed by atoms with Crippen molar-refractivity contribution in [2.75, 3.05) is 7.11 Å². The number of rotatable bonds is 7. The quantitative estimate of drug-likeness (QED) is 0.358. The van der Waals surface area contributed by atoms with E-state index in [9.17, 15) is 31.9 Å². The van der Waals surface area contributed by atoms with Crippen LogP contribution in [0.25, 0.3) is 5.69 Å². The number of benzene rings is 3. The molecule has 2 N–H and O–H groups in total. The van der Waals surface area contributed by atoms with Gasteiger partial charge < -0.3 is 10.5 Å². The zero-order valence-electron chi connectivity index (χ0n) is 20.3. The molecule has 0 aliphatic rings. The van der Waals surface area contributed by atoms with E-state index >= 15 is 4.39 Å². The van der Waals surface area contributed by atoms with Crippen molar-refractivity contribution in [1.82, 2.24) is 13.7 Å². The lowest BCUT2D eigenvalue weighted by Gasteiger charge is -2.19. The van der Waals surface area contributed by atoms with E-state index in [-0.39, 0.29) is 14.9 Å². The van der Waals surface area contributed by atoms with E-state index in [1.54, 1.807) is 30.3 Å². The molecule has 1 aromatic heterocycles. The average molecular weight is 548 g/mol. The van der Waals surface area contributed by atoms with Crippen molar-refractivity contribution in [3.05, 3.63) is 127 Å². The van der Waals surface area contributed by atoms with E-state index in [2.05, 4.69) is 0 Å². The van der Waals surface area contributed by atoms with Gasteiger partial charge in [0.05, 0.1) is 31.5 Å². The van der Waals surface area contributed by atoms with Gasteiger partial charge in [-0.15, -0.1) is 0 Å². The normalized spacial score (nSPS) is 12.4. The molecule has 1 heterocycles. The summed E-state index contributed by atoms with van der Waals surface area (Å²) in [5.41, 5.74) is -0.546. The fourth-order valence-electron chi connectivity index (χ4n) is 4.11. The van der Waals surface area contributed by atoms with Crippen molar-refractivity contribution in [3.63, 3.8) is 0 Å². The second kappa shape index (κ2) is 10.7. The molecule has 0 unspecified atom stereocenters. The number of nitrogens with zero attached hydrogens (tertiary/aromatic N) is 3. The van der Waals surface area contributed by atoms with E-state index in [0.29, 0.717) is 16.2 Å². The van der Waals surface area contributed by atoms with Crippen LogP contribution in [-0.2, 0) is 19.3 Å². The summed E-state index contributed by atoms with van der Waals surface area (Å²) < 4.78 is 76.6. The SMILES string of the molecule is COc1cccc(-n2c(=O)n(Cc3c(F)cccc3C(F)(F)F)c(=O)n(C[C@H](N)c3ccccc3)c2=O)c1F. The molecule has 0 fully saturated rings. The summed E-state index contributed by atoms with van der Waals surface area (Å²) in [5, 5.41) is 0. The zero-order chi connectivity index (χ0) is 28.5. The molecular formula is C26H21F5N4O4. The van der Waals surface area contributed by atoms with E-state index in [1.165, 1.54) is 12.1 Å². The molecular weight excluding hydrogens is 527 g/mol. The van der Waals surface area contributed by atoms with Crippen molar-refractivity contribution in [1.29, 1.82) is 0 Å². The molecule has 204 valence electrons. The summed E-state index contributed by atoms with van der Waals surface area (Å²) in [5.74, 6) is -2.84. The van der Waals surface area contributed by atoms with Gasteiger partial charge in [0.1, 0.15) is 5.82 Å². The molecule has 39 heavy (non-hydrogen) atoms. The number of alkyl halides is 3. The molecule has 8 nitrogen and oxygen atoms in total. The fraction of sp³-hybridized carbons (Fsp3) is 0.192. The van der Waals surface area contributed by atoms with E-state index in [0.717, 1.165) is 25.3 Å². The molecule has 0 bridgehead atoms. The van der Waals surface area contributed by atoms with Gasteiger partial charge in [-0.2, -0.15) is 13.2 Å². The minimum Gasteiger partial charge on any atom is -0.494 e. The Labute approximate surface area is 216 Å². The second-order valence-electron chi connectivity index (χ2n) is 8.45. The van der Waals surface area contributed by atoms with Crippen molar-refractivity contribution < 1.29 is 26.7 Å². The van der Waals surface area contributed by atoms with Gasteiger partial charge in [0.25, 0.3) is 0 Å². The predicted molar refractivity (Wildman–Crippen MR) is 131 cm³/mol. The van der Waals surface area contributed by atoms with Crippen molar-refractivity contribution in [2.24, 2.45) is 5.73 Å². The van der Waals surface area contributed by atoms with Gasteiger partial charge in [-0.25, -0.2) is 36.9 Å². The summed E-state index contributed by atoms with van der Waals surface area (Å²) in [6, 6.07) is 12.9. The van der Waals surface area contributed by atoms with Gasteiger partial charge in [0.15, 0.2) is 11.6 Å². The van der Waals surface area contributed by atoms with Gasteiger partial charge in [0, 0.05) is 11.6 Å². The van der Waals surface area contributed by atoms with Crippen molar-refractivity contribution in [2.45, 2.75) is 25.3 Å². The van der Waals surface area contributed by atoms with Crippen LogP contribution in [0.3, 0.4) is 0 Å². The molecule has 0 radical (unpaired) electrons. The van der Waals surface area contributed by atoms with Gasteiger partial charge >= 0.3 is 23.2 Å². The van der Waals surface area contributed by atoms with Crippen LogP contribution in [-0.4, -0.2) is 20.8 Å². The zero-order valence-corrected chi connectivity index (χ0v) is 20.3. The summed E-state index contributed by atoms with van der Waals surface area (Å²) in [7, 11) is 1.14. The number of nitrogens with two attached hydrogens (primary N) is 1. The van der Waals surface area contributed by atoms with Crippen LogP contribution < -0.4 is 27.5 Å². The van der Waals surface area contributed by atoms with Gasteiger partial charge in [-0.3, -0.25) is 0 Å². The van der Waals surface area contributed by atoms with Crippen LogP contribution >= 0.6 is 0 Å². The van der Waals surface area contributed by atoms with E-state index in [4.69, 9.17) is 10.5 Å². The van der Waals surface area contributed by atoms with Crippen molar-refractivity contribution in [3.8, 4) is 11.4 Å². The van der Waals surface area contributed by atoms with Crippen LogP contribution in [0.5, 0.6) is 5.75 Å². The largest absolute Gasteiger partial charge is 0.494 e. The van der Waals surface area contributed by atoms with Crippen LogP contribution in [0.2, 0.25) is 0 Å². The number of ether oxygens (including phenoxy) is 1. The molecule has 0 saturated carbocycles. The Hall–Kier alpha value is -4.52. The molecule has 4 rings (SSSR count). The molecule has 13 heteroatoms. The second-order valence-corrected chi connectivity index (χ2v) is 8.45. The lowest BCUT2D eigenvalue weighted by Crippen LogP contribution is -2.55. The third-order valence-electron chi connectivity index (χ3n) is 6.06. The van der Waals surface area contributed by atoms with Crippen LogP contribution in [0, 0.1) is 11.6 Å². The van der Waals surface area contributed by atoms with Crippen LogP contribution in [0.15, 0.2) is 81.1 Å². The topological polar surface area (TPSA) is 101 Å². The summed E-state index contributed by atoms with van der Waals surface area (Å²) >= 11 is 0. The Balaban J connectivity index is 2.01. The lowest BCUT2D eigenvalue weighted by molar-refractivity contribution is -0.138. The summed E-state index contributed by atoms with van der Waals surface area (Å²) in [6.07, 6.45) is -5.02. The first-order chi connectivity index (χ1) is 18.5. The third-order valence-corrected chi connectivity index (χ3v) is 6.06. The fourth-order valence-corrected chi connectivity index (χ4v) is 4.11. The van der Waals surface area contributed by atoms with E-state index in [1.807, 2.05) is 0 Å². The van der Waals surface area contributed by atoms with E-state index < -0.39 is 70.8 Å². The van der Waals surface area contributed by atoms with Crippen molar-refractivity contribution >= 4 is 0 Å². The summed E-state index contributed by atoms with van der Waals surface area (Å²) in [6.45, 7) is -1.73. The van der Waals surface area contributed by atoms with Crippen LogP contribution in [0.1, 0.15) is 22.7 Å². The highest BCUT2D eigenvalue weighted by Crippen LogP contribution is 2.33. The summed E-state index contributed by atoms with van der Waals surface area (Å²) in [4.78, 5) is 40.2. The first kappa shape index (κ1) is 27.5. The number of hydrogen-bond acceptors (Lipinski definition) is 5. The first-order valence-corrected chi connectivity index (χ1v) is 11.4. The monoisotopic (exact) mass is 548 g/mol. The maximum absolute atomic E-state index is 15.2. The molecule has 4 aromatic rings. The highest BCUT2D eigenvalue weighted by Gasteiger charge is 2.35. The molecule has 0 amide bonds. The molecule has 0 aliphatic heterocycles. The number of aromatic nitrogens is 3. The van der Waals surface area contributed by atoms with Gasteiger partial charge in [0.2, 0.25) is 0 Å². The van der Waals surface area contributed by atoms with Crippen LogP contribution in [0.4, 0.5) is 22.0 Å². The molecule has 1 atom stereocenters. The minimum absolute atomic E-state index is 0.228. The highest BCUT2D eigenvalue weighted by molar-refractivity contribution is 5.41. The smallest absolute Gasteiger partial charge is 0.416 e. The Bertz CT molecular complexity index is 1690. The predicted octanol–water partition coefficient (Wildman–Crippen LogP) is 3.21. The highest BCUT2D eigenvalue weighted by atomic mass is 19.4. The molecule has 0 aliphatic carbocycles. The Morgan fingerprint density at radius 2 is 1.49 bits per heavy atom. The molecule has 0 saturated heterocycles. The van der Waals surface area contributed by atoms with Gasteiger partial charge in [-0.05, 0) is 29.8 Å². The molecule has 0 spiro atoms. The Morgan fingerprint density at radius 3 is 2.13 bits per heavy atom. The number of methoxy groups -OCH3 is 1. The number of halogens is 5. The Kier molecular flexibility index (Phi) is 7.54. The first-order valence-electron chi connectivity index (χ1n) is 11.4. The van der Waals surface area contributed by atoms with Gasteiger partial charge in [-0.1, -0.05) is 42.5 Å². The maximum Gasteiger partial charge on any atom is 0.416 e. The minimum atomic E-state index is -5.02. The molecule has 3 aromatic carbocycles. The standard InChI is InChI=1S/C26H21F5N4O4/c1-39-21-12-6-11-20(22(21)28)35-24(37)33(13-16-17(26(29,30)31)9-5-10-18(16)27)23(36)34(25(35)38)14-19(32)15-7-3-2-4-8-15/h2-12,19H,13-14,32H2,1H3/t19-/m0/s1. The lowest BCUT2D eigenvalue weighted by atomic mass is 10.1. The average Bonchev–Trinajstić information content (AvgIpc) is 2.90. The third kappa shape index (κ3) is 5.25. The number of hydrogen-bond donors (Lipinski definition) is 1.